The van der Waals surface area contributed by atoms with Crippen molar-refractivity contribution in [2.75, 3.05) is 11.4 Å². The van der Waals surface area contributed by atoms with Gasteiger partial charge >= 0.3 is 5.84 Å². The van der Waals surface area contributed by atoms with E-state index in [1.165, 1.54) is 44.1 Å². The highest BCUT2D eigenvalue weighted by Gasteiger charge is 2.31. The molecule has 44 heavy (non-hydrogen) atoms. The highest BCUT2D eigenvalue weighted by atomic mass is 15.2. The van der Waals surface area contributed by atoms with Crippen LogP contribution in [-0.2, 0) is 0 Å². The van der Waals surface area contributed by atoms with Crippen LogP contribution in [0.3, 0.4) is 0 Å². The molecule has 4 nitrogen and oxygen atoms in total. The number of nitrogens with zero attached hydrogens (tertiary/aromatic N) is 3. The normalized spacial score (nSPS) is 13.5. The van der Waals surface area contributed by atoms with Crippen molar-refractivity contribution >= 4 is 50.3 Å². The molecule has 2 aliphatic heterocycles. The van der Waals surface area contributed by atoms with Crippen molar-refractivity contribution in [2.24, 2.45) is 0 Å². The number of anilines is 3. The molecule has 0 atom stereocenters. The maximum absolute atomic E-state index is 4.78. The zero-order chi connectivity index (χ0) is 29.2. The molecule has 208 valence electrons. The number of fused-ring (bicyclic) bond motifs is 8. The minimum atomic E-state index is 0.746. The van der Waals surface area contributed by atoms with Gasteiger partial charge in [0.1, 0.15) is 0 Å². The predicted octanol–water partition coefficient (Wildman–Crippen LogP) is 8.78. The molecule has 3 heterocycles. The largest absolute Gasteiger partial charge is 0.340 e. The molecule has 7 aromatic rings. The van der Waals surface area contributed by atoms with Gasteiger partial charge in [-0.05, 0) is 59.3 Å². The van der Waals surface area contributed by atoms with Crippen molar-refractivity contribution in [2.45, 2.75) is 6.92 Å². The van der Waals surface area contributed by atoms with E-state index in [9.17, 15) is 0 Å². The van der Waals surface area contributed by atoms with Gasteiger partial charge in [-0.2, -0.15) is 0 Å². The molecule has 0 amide bonds. The van der Waals surface area contributed by atoms with Crippen LogP contribution in [0.2, 0.25) is 0 Å². The number of para-hydroxylation sites is 3. The third kappa shape index (κ3) is 3.69. The Kier molecular flexibility index (Phi) is 5.40. The Labute approximate surface area is 255 Å². The van der Waals surface area contributed by atoms with E-state index in [-0.39, 0.29) is 0 Å². The molecule has 0 saturated carbocycles. The third-order valence-corrected chi connectivity index (χ3v) is 8.93. The van der Waals surface area contributed by atoms with Crippen molar-refractivity contribution in [3.8, 4) is 28.1 Å². The van der Waals surface area contributed by atoms with Crippen LogP contribution >= 0.6 is 0 Å². The highest BCUT2D eigenvalue weighted by molar-refractivity contribution is 6.14. The van der Waals surface area contributed by atoms with Gasteiger partial charge in [-0.3, -0.25) is 5.32 Å². The Bertz CT molecular complexity index is 2350. The molecule has 1 N–H and O–H groups in total. The van der Waals surface area contributed by atoms with Crippen LogP contribution < -0.4 is 14.9 Å². The van der Waals surface area contributed by atoms with Gasteiger partial charge in [-0.15, -0.1) is 0 Å². The summed E-state index contributed by atoms with van der Waals surface area (Å²) >= 11 is 0. The summed E-state index contributed by atoms with van der Waals surface area (Å²) in [5.41, 5.74) is 12.8. The van der Waals surface area contributed by atoms with E-state index in [4.69, 9.17) is 4.67 Å². The lowest BCUT2D eigenvalue weighted by molar-refractivity contribution is 1.11. The average Bonchev–Trinajstić information content (AvgIpc) is 3.63. The molecule has 6 aromatic carbocycles. The topological polar surface area (TPSA) is 34.3 Å². The summed E-state index contributed by atoms with van der Waals surface area (Å²) in [5, 5.41) is 7.08. The third-order valence-electron chi connectivity index (χ3n) is 8.93. The lowest BCUT2D eigenvalue weighted by Crippen LogP contribution is -2.20. The SMILES string of the molecule is CC1=[N+]=C(c2cccc(N3c4ccccc4-c4c(n(-c5ccc6ccccc6c5)c5ccccc45)-c4ccccc43)c2)CN1. The van der Waals surface area contributed by atoms with Crippen LogP contribution in [-0.4, -0.2) is 22.7 Å². The Morgan fingerprint density at radius 2 is 1.34 bits per heavy atom. The zero-order valence-corrected chi connectivity index (χ0v) is 24.3. The summed E-state index contributed by atoms with van der Waals surface area (Å²) in [6.45, 7) is 2.76. The maximum atomic E-state index is 4.78. The lowest BCUT2D eigenvalue weighted by Gasteiger charge is -2.27. The van der Waals surface area contributed by atoms with E-state index in [0.717, 1.165) is 46.4 Å². The number of amidine groups is 1. The van der Waals surface area contributed by atoms with Gasteiger partial charge in [0.25, 0.3) is 5.71 Å². The summed E-state index contributed by atoms with van der Waals surface area (Å²) < 4.78 is 7.24. The van der Waals surface area contributed by atoms with E-state index in [1.54, 1.807) is 0 Å². The van der Waals surface area contributed by atoms with Gasteiger partial charge in [-0.1, -0.05) is 91.0 Å². The number of benzene rings is 6. The van der Waals surface area contributed by atoms with Crippen LogP contribution in [0, 0.1) is 0 Å². The van der Waals surface area contributed by atoms with Crippen molar-refractivity contribution in [3.05, 3.63) is 145 Å². The van der Waals surface area contributed by atoms with E-state index >= 15 is 0 Å². The monoisotopic (exact) mass is 565 g/mol. The quantitative estimate of drug-likeness (QED) is 0.217. The zero-order valence-electron chi connectivity index (χ0n) is 24.3. The Hall–Kier alpha value is -5.83. The fraction of sp³-hybridized carbons (Fsp3) is 0.0500. The van der Waals surface area contributed by atoms with Gasteiger partial charge in [0.15, 0.2) is 6.54 Å². The van der Waals surface area contributed by atoms with E-state index < -0.39 is 0 Å². The molecule has 0 saturated heterocycles. The second-order valence-corrected chi connectivity index (χ2v) is 11.5. The summed E-state index contributed by atoms with van der Waals surface area (Å²) in [6, 6.07) is 50.7. The fourth-order valence-corrected chi connectivity index (χ4v) is 6.99. The molecular formula is C40H29N4+. The first-order chi connectivity index (χ1) is 21.7. The van der Waals surface area contributed by atoms with Crippen LogP contribution in [0.4, 0.5) is 17.1 Å². The van der Waals surface area contributed by atoms with Crippen LogP contribution in [0.1, 0.15) is 12.5 Å². The molecule has 0 spiro atoms. The molecule has 0 unspecified atom stereocenters. The molecule has 1 aromatic heterocycles. The van der Waals surface area contributed by atoms with Crippen LogP contribution in [0.25, 0.3) is 49.7 Å². The number of hydrogen-bond acceptors (Lipinski definition) is 2. The smallest absolute Gasteiger partial charge is 0.309 e. The van der Waals surface area contributed by atoms with Crippen molar-refractivity contribution in [3.63, 3.8) is 0 Å². The van der Waals surface area contributed by atoms with Crippen molar-refractivity contribution < 1.29 is 0 Å². The van der Waals surface area contributed by atoms with Gasteiger partial charge in [0.2, 0.25) is 0 Å². The number of aromatic nitrogens is 1. The number of hydrogen-bond donors (Lipinski definition) is 1. The van der Waals surface area contributed by atoms with Gasteiger partial charge < -0.3 is 9.47 Å². The standard InChI is InChI=1S/C40H28N4/c1-26-41-25-35(42-26)29-13-10-14-30(24-29)43-36-18-7-4-15-32(36)39-33-16-5-8-19-37(33)44(40(39)34-17-6-9-20-38(34)43)31-22-21-27-11-2-3-12-28(27)23-31/h2-24H,25H2,1H3/p+1. The molecule has 4 heteroatoms. The summed E-state index contributed by atoms with van der Waals surface area (Å²) in [7, 11) is 0. The Morgan fingerprint density at radius 1 is 0.614 bits per heavy atom. The van der Waals surface area contributed by atoms with Gasteiger partial charge in [0.05, 0.1) is 29.5 Å². The summed E-state index contributed by atoms with van der Waals surface area (Å²) in [4.78, 5) is 2.42. The molecule has 0 radical (unpaired) electrons. The van der Waals surface area contributed by atoms with Gasteiger partial charge in [0, 0.05) is 39.0 Å². The maximum Gasteiger partial charge on any atom is 0.340 e. The van der Waals surface area contributed by atoms with Crippen molar-refractivity contribution in [1.29, 1.82) is 0 Å². The summed E-state index contributed by atoms with van der Waals surface area (Å²) in [6.07, 6.45) is 0. The number of rotatable bonds is 3. The molecule has 0 aliphatic carbocycles. The molecular weight excluding hydrogens is 536 g/mol. The second kappa shape index (κ2) is 9.60. The highest BCUT2D eigenvalue weighted by Crippen LogP contribution is 2.54. The lowest BCUT2D eigenvalue weighted by atomic mass is 9.98. The Balaban J connectivity index is 1.37. The first kappa shape index (κ1) is 24.7. The first-order valence-electron chi connectivity index (χ1n) is 15.1. The summed E-state index contributed by atoms with van der Waals surface area (Å²) in [5.74, 6) is 0.962. The number of nitrogens with one attached hydrogen (secondary N) is 1. The van der Waals surface area contributed by atoms with Gasteiger partial charge in [-0.25, -0.2) is 4.67 Å². The van der Waals surface area contributed by atoms with E-state index in [1.807, 2.05) is 6.92 Å². The Morgan fingerprint density at radius 3 is 2.18 bits per heavy atom. The fourth-order valence-electron chi connectivity index (χ4n) is 6.99. The van der Waals surface area contributed by atoms with Crippen LogP contribution in [0.15, 0.2) is 140 Å². The first-order valence-corrected chi connectivity index (χ1v) is 15.1. The molecule has 0 fully saturated rings. The van der Waals surface area contributed by atoms with Crippen molar-refractivity contribution in [1.82, 2.24) is 14.6 Å². The minimum Gasteiger partial charge on any atom is -0.309 e. The molecule has 0 bridgehead atoms. The van der Waals surface area contributed by atoms with E-state index in [0.29, 0.717) is 0 Å². The minimum absolute atomic E-state index is 0.746. The predicted molar refractivity (Wildman–Crippen MR) is 185 cm³/mol. The van der Waals surface area contributed by atoms with E-state index in [2.05, 4.69) is 154 Å². The van der Waals surface area contributed by atoms with Crippen LogP contribution in [0.5, 0.6) is 0 Å². The molecule has 2 aliphatic rings. The average molecular weight is 566 g/mol. The molecule has 9 rings (SSSR count). The second-order valence-electron chi connectivity index (χ2n) is 11.5.